The fourth-order valence-electron chi connectivity index (χ4n) is 3.09. The van der Waals surface area contributed by atoms with Gasteiger partial charge in [0, 0.05) is 31.0 Å². The minimum Gasteiger partial charge on any atom is -0.435 e. The second kappa shape index (κ2) is 7.16. The van der Waals surface area contributed by atoms with Crippen LogP contribution in [0.4, 0.5) is 11.5 Å². The van der Waals surface area contributed by atoms with Gasteiger partial charge < -0.3 is 15.4 Å². The van der Waals surface area contributed by atoms with Gasteiger partial charge in [-0.15, -0.1) is 0 Å². The summed E-state index contributed by atoms with van der Waals surface area (Å²) in [6.07, 6.45) is 4.37. The van der Waals surface area contributed by atoms with Gasteiger partial charge in [-0.2, -0.15) is 5.26 Å². The molecule has 1 saturated heterocycles. The molecule has 0 spiro atoms. The Bertz CT molecular complexity index is 1060. The molecule has 1 aliphatic rings. The van der Waals surface area contributed by atoms with Gasteiger partial charge in [-0.3, -0.25) is 4.98 Å². The zero-order chi connectivity index (χ0) is 19.7. The maximum absolute atomic E-state index is 9.08. The van der Waals surface area contributed by atoms with Crippen LogP contribution in [0, 0.1) is 25.2 Å². The maximum atomic E-state index is 9.08. The summed E-state index contributed by atoms with van der Waals surface area (Å²) < 4.78 is 6.07. The third-order valence-corrected chi connectivity index (χ3v) is 4.75. The fraction of sp³-hybridized carbons (Fsp3) is 0.238. The number of nitriles is 1. The first-order valence-electron chi connectivity index (χ1n) is 9.08. The molecule has 0 aromatic carbocycles. The zero-order valence-electron chi connectivity index (χ0n) is 15.8. The summed E-state index contributed by atoms with van der Waals surface area (Å²) in [6, 6.07) is 9.37. The van der Waals surface area contributed by atoms with E-state index in [-0.39, 0.29) is 0 Å². The van der Waals surface area contributed by atoms with E-state index in [0.717, 1.165) is 35.7 Å². The molecule has 7 nitrogen and oxygen atoms in total. The molecule has 28 heavy (non-hydrogen) atoms. The Kier molecular flexibility index (Phi) is 4.53. The molecule has 1 aliphatic heterocycles. The zero-order valence-corrected chi connectivity index (χ0v) is 15.8. The number of aromatic nitrogens is 3. The van der Waals surface area contributed by atoms with Crippen LogP contribution >= 0.6 is 0 Å². The van der Waals surface area contributed by atoms with Crippen molar-refractivity contribution in [1.29, 1.82) is 5.26 Å². The average molecular weight is 372 g/mol. The minimum atomic E-state index is 0.310. The third kappa shape index (κ3) is 3.32. The van der Waals surface area contributed by atoms with Gasteiger partial charge in [0.05, 0.1) is 22.6 Å². The quantitative estimate of drug-likeness (QED) is 0.746. The minimum absolute atomic E-state index is 0.310. The van der Waals surface area contributed by atoms with E-state index in [9.17, 15) is 0 Å². The first kappa shape index (κ1) is 17.7. The van der Waals surface area contributed by atoms with Crippen molar-refractivity contribution in [3.05, 3.63) is 53.5 Å². The van der Waals surface area contributed by atoms with E-state index in [4.69, 9.17) is 15.7 Å². The van der Waals surface area contributed by atoms with Crippen molar-refractivity contribution < 1.29 is 4.74 Å². The van der Waals surface area contributed by atoms with Crippen molar-refractivity contribution in [1.82, 2.24) is 15.0 Å². The molecule has 2 N–H and O–H groups in total. The standard InChI is InChI=1S/C21H20N6O/c1-13-8-19(27-6-3-7-27)25-14(2)20(13)28-21-17(23)4-5-18(26-21)16-9-15(10-22)11-24-12-16/h4-5,8-9,11-12H,3,6-7,23H2,1-2H3. The summed E-state index contributed by atoms with van der Waals surface area (Å²) in [7, 11) is 0. The van der Waals surface area contributed by atoms with E-state index in [1.54, 1.807) is 24.4 Å². The summed E-state index contributed by atoms with van der Waals surface area (Å²) >= 11 is 0. The summed E-state index contributed by atoms with van der Waals surface area (Å²) in [5.74, 6) is 1.94. The van der Waals surface area contributed by atoms with E-state index in [1.807, 2.05) is 19.9 Å². The highest BCUT2D eigenvalue weighted by Crippen LogP contribution is 2.34. The smallest absolute Gasteiger partial charge is 0.243 e. The normalized spacial score (nSPS) is 13.0. The lowest BCUT2D eigenvalue weighted by molar-refractivity contribution is 0.455. The molecular formula is C21H20N6O. The predicted molar refractivity (Wildman–Crippen MR) is 107 cm³/mol. The Morgan fingerprint density at radius 1 is 1.14 bits per heavy atom. The Hall–Kier alpha value is -3.66. The molecule has 0 amide bonds. The molecule has 140 valence electrons. The number of nitrogens with two attached hydrogens (primary N) is 1. The Morgan fingerprint density at radius 2 is 1.96 bits per heavy atom. The summed E-state index contributed by atoms with van der Waals surface area (Å²) in [5.41, 5.74) is 10.1. The molecule has 4 rings (SSSR count). The number of ether oxygens (including phenoxy) is 1. The van der Waals surface area contributed by atoms with E-state index in [0.29, 0.717) is 28.6 Å². The van der Waals surface area contributed by atoms with Gasteiger partial charge in [-0.05, 0) is 50.1 Å². The van der Waals surface area contributed by atoms with Crippen molar-refractivity contribution in [2.45, 2.75) is 20.3 Å². The second-order valence-electron chi connectivity index (χ2n) is 6.82. The molecule has 0 radical (unpaired) electrons. The highest BCUT2D eigenvalue weighted by Gasteiger charge is 2.19. The first-order valence-corrected chi connectivity index (χ1v) is 9.08. The number of nitrogens with zero attached hydrogens (tertiary/aromatic N) is 5. The summed E-state index contributed by atoms with van der Waals surface area (Å²) in [6.45, 7) is 6.00. The molecule has 0 atom stereocenters. The van der Waals surface area contributed by atoms with Crippen molar-refractivity contribution in [3.8, 4) is 29.0 Å². The molecule has 7 heteroatoms. The second-order valence-corrected chi connectivity index (χ2v) is 6.82. The van der Waals surface area contributed by atoms with Crippen LogP contribution < -0.4 is 15.4 Å². The summed E-state index contributed by atoms with van der Waals surface area (Å²) in [4.78, 5) is 15.5. The molecular weight excluding hydrogens is 352 g/mol. The predicted octanol–water partition coefficient (Wildman–Crippen LogP) is 3.61. The van der Waals surface area contributed by atoms with E-state index in [1.165, 1.54) is 12.6 Å². The molecule has 0 aliphatic carbocycles. The fourth-order valence-corrected chi connectivity index (χ4v) is 3.09. The van der Waals surface area contributed by atoms with E-state index in [2.05, 4.69) is 25.9 Å². The van der Waals surface area contributed by atoms with E-state index >= 15 is 0 Å². The number of hydrogen-bond acceptors (Lipinski definition) is 7. The van der Waals surface area contributed by atoms with Crippen molar-refractivity contribution in [2.75, 3.05) is 23.7 Å². The number of pyridine rings is 3. The molecule has 3 aromatic rings. The van der Waals surface area contributed by atoms with Crippen LogP contribution in [0.25, 0.3) is 11.3 Å². The van der Waals surface area contributed by atoms with Crippen molar-refractivity contribution in [3.63, 3.8) is 0 Å². The molecule has 4 heterocycles. The molecule has 3 aromatic heterocycles. The number of hydrogen-bond donors (Lipinski definition) is 1. The van der Waals surface area contributed by atoms with Crippen LogP contribution in [0.5, 0.6) is 11.6 Å². The van der Waals surface area contributed by atoms with Crippen LogP contribution in [-0.4, -0.2) is 28.0 Å². The van der Waals surface area contributed by atoms with Gasteiger partial charge in [0.25, 0.3) is 0 Å². The number of rotatable bonds is 4. The average Bonchev–Trinajstić information content (AvgIpc) is 2.64. The first-order chi connectivity index (χ1) is 13.5. The van der Waals surface area contributed by atoms with Crippen LogP contribution in [0.3, 0.4) is 0 Å². The lowest BCUT2D eigenvalue weighted by Gasteiger charge is -2.32. The van der Waals surface area contributed by atoms with Crippen molar-refractivity contribution >= 4 is 11.5 Å². The van der Waals surface area contributed by atoms with Crippen molar-refractivity contribution in [2.24, 2.45) is 0 Å². The highest BCUT2D eigenvalue weighted by atomic mass is 16.5. The van der Waals surface area contributed by atoms with Gasteiger partial charge in [0.2, 0.25) is 5.88 Å². The van der Waals surface area contributed by atoms with Crippen LogP contribution in [0.1, 0.15) is 23.2 Å². The number of nitrogen functional groups attached to an aromatic ring is 1. The highest BCUT2D eigenvalue weighted by molar-refractivity contribution is 5.64. The van der Waals surface area contributed by atoms with Gasteiger partial charge in [-0.25, -0.2) is 9.97 Å². The van der Waals surface area contributed by atoms with E-state index < -0.39 is 0 Å². The third-order valence-electron chi connectivity index (χ3n) is 4.75. The maximum Gasteiger partial charge on any atom is 0.243 e. The summed E-state index contributed by atoms with van der Waals surface area (Å²) in [5, 5.41) is 9.08. The molecule has 1 fully saturated rings. The number of anilines is 2. The SMILES string of the molecule is Cc1cc(N2CCC2)nc(C)c1Oc1nc(-c2cncc(C#N)c2)ccc1N. The Labute approximate surface area is 163 Å². The lowest BCUT2D eigenvalue weighted by Crippen LogP contribution is -2.37. The van der Waals surface area contributed by atoms with Gasteiger partial charge >= 0.3 is 0 Å². The lowest BCUT2D eigenvalue weighted by atomic mass is 10.1. The van der Waals surface area contributed by atoms with Crippen LogP contribution in [0.2, 0.25) is 0 Å². The molecule has 0 saturated carbocycles. The Morgan fingerprint density at radius 3 is 2.64 bits per heavy atom. The van der Waals surface area contributed by atoms with Crippen LogP contribution in [-0.2, 0) is 0 Å². The monoisotopic (exact) mass is 372 g/mol. The molecule has 0 unspecified atom stereocenters. The molecule has 0 bridgehead atoms. The largest absolute Gasteiger partial charge is 0.435 e. The Balaban J connectivity index is 1.67. The van der Waals surface area contributed by atoms with Gasteiger partial charge in [0.15, 0.2) is 5.75 Å². The topological polar surface area (TPSA) is 101 Å². The van der Waals surface area contributed by atoms with Gasteiger partial charge in [-0.1, -0.05) is 0 Å². The van der Waals surface area contributed by atoms with Crippen LogP contribution in [0.15, 0.2) is 36.7 Å². The number of aryl methyl sites for hydroxylation is 2. The van der Waals surface area contributed by atoms with Gasteiger partial charge in [0.1, 0.15) is 11.9 Å².